The third-order valence-corrected chi connectivity index (χ3v) is 3.11. The average Bonchev–Trinajstić information content (AvgIpc) is 2.45. The van der Waals surface area contributed by atoms with Crippen molar-refractivity contribution in [1.29, 1.82) is 0 Å². The van der Waals surface area contributed by atoms with Crippen LogP contribution in [0.5, 0.6) is 0 Å². The zero-order valence-electron chi connectivity index (χ0n) is 13.2. The molecule has 0 amide bonds. The molecule has 0 unspecified atom stereocenters. The second-order valence-corrected chi connectivity index (χ2v) is 6.11. The molecular formula is C18H20FNO2. The van der Waals surface area contributed by atoms with Crippen LogP contribution < -0.4 is 5.32 Å². The number of carbonyl (C=O) groups is 1. The Bertz CT molecular complexity index is 690. The molecular weight excluding hydrogens is 281 g/mol. The zero-order valence-corrected chi connectivity index (χ0v) is 13.2. The highest BCUT2D eigenvalue weighted by Crippen LogP contribution is 2.32. The van der Waals surface area contributed by atoms with Gasteiger partial charge in [-0.2, -0.15) is 0 Å². The van der Waals surface area contributed by atoms with Crippen LogP contribution in [-0.2, 0) is 4.74 Å². The zero-order chi connectivity index (χ0) is 16.3. The van der Waals surface area contributed by atoms with Gasteiger partial charge in [0.05, 0.1) is 12.7 Å². The Morgan fingerprint density at radius 1 is 1.09 bits per heavy atom. The molecule has 0 fully saturated rings. The summed E-state index contributed by atoms with van der Waals surface area (Å²) in [5, 5.41) is 3.32. The van der Waals surface area contributed by atoms with Crippen LogP contribution in [0.1, 0.15) is 31.1 Å². The second-order valence-electron chi connectivity index (χ2n) is 6.11. The van der Waals surface area contributed by atoms with Crippen molar-refractivity contribution in [1.82, 2.24) is 0 Å². The Balaban J connectivity index is 2.58. The molecule has 0 atom stereocenters. The van der Waals surface area contributed by atoms with Crippen molar-refractivity contribution in [3.8, 4) is 11.1 Å². The third-order valence-electron chi connectivity index (χ3n) is 3.11. The second kappa shape index (κ2) is 6.18. The van der Waals surface area contributed by atoms with Gasteiger partial charge in [-0.15, -0.1) is 0 Å². The van der Waals surface area contributed by atoms with E-state index in [0.717, 1.165) is 0 Å². The maximum atomic E-state index is 14.1. The molecule has 0 bridgehead atoms. The molecule has 0 radical (unpaired) electrons. The normalized spacial score (nSPS) is 11.1. The topological polar surface area (TPSA) is 38.3 Å². The van der Waals surface area contributed by atoms with E-state index in [1.54, 1.807) is 36.4 Å². The minimum absolute atomic E-state index is 0.227. The van der Waals surface area contributed by atoms with Crippen molar-refractivity contribution in [3.63, 3.8) is 0 Å². The molecule has 116 valence electrons. The smallest absolute Gasteiger partial charge is 0.337 e. The van der Waals surface area contributed by atoms with E-state index < -0.39 is 5.97 Å². The lowest BCUT2D eigenvalue weighted by Gasteiger charge is -2.25. The molecule has 4 heteroatoms. The average molecular weight is 301 g/mol. The predicted octanol–water partition coefficient (Wildman–Crippen LogP) is 4.49. The maximum absolute atomic E-state index is 14.1. The Hall–Kier alpha value is -2.36. The number of anilines is 1. The molecule has 1 N–H and O–H groups in total. The molecule has 0 heterocycles. The molecule has 0 saturated carbocycles. The number of hydrogen-bond donors (Lipinski definition) is 1. The van der Waals surface area contributed by atoms with Crippen molar-refractivity contribution < 1.29 is 13.9 Å². The Morgan fingerprint density at radius 3 is 2.36 bits per heavy atom. The highest BCUT2D eigenvalue weighted by molar-refractivity contribution is 5.93. The molecule has 22 heavy (non-hydrogen) atoms. The molecule has 3 nitrogen and oxygen atoms in total. The summed E-state index contributed by atoms with van der Waals surface area (Å²) in [6.07, 6.45) is 0. The molecule has 0 aliphatic heterocycles. The Morgan fingerprint density at radius 2 is 1.77 bits per heavy atom. The summed E-state index contributed by atoms with van der Waals surface area (Å²) >= 11 is 0. The molecule has 0 saturated heterocycles. The molecule has 2 aromatic rings. The van der Waals surface area contributed by atoms with Gasteiger partial charge in [0, 0.05) is 22.4 Å². The molecule has 2 rings (SSSR count). The first-order valence-electron chi connectivity index (χ1n) is 7.07. The number of esters is 1. The molecule has 0 aliphatic carbocycles. The summed E-state index contributed by atoms with van der Waals surface area (Å²) in [5.41, 5.74) is 2.09. The van der Waals surface area contributed by atoms with Crippen LogP contribution in [0.2, 0.25) is 0 Å². The predicted molar refractivity (Wildman–Crippen MR) is 86.6 cm³/mol. The van der Waals surface area contributed by atoms with Gasteiger partial charge in [0.25, 0.3) is 0 Å². The summed E-state index contributed by atoms with van der Waals surface area (Å²) in [5.74, 6) is -0.720. The molecule has 0 aliphatic rings. The van der Waals surface area contributed by atoms with Crippen molar-refractivity contribution in [2.75, 3.05) is 12.4 Å². The third kappa shape index (κ3) is 3.64. The van der Waals surface area contributed by atoms with Crippen LogP contribution in [0, 0.1) is 5.82 Å². The van der Waals surface area contributed by atoms with Gasteiger partial charge in [-0.05, 0) is 39.0 Å². The van der Waals surface area contributed by atoms with Crippen LogP contribution in [0.15, 0.2) is 42.5 Å². The lowest BCUT2D eigenvalue weighted by atomic mass is 9.98. The number of rotatable bonds is 3. The van der Waals surface area contributed by atoms with Crippen molar-refractivity contribution in [2.24, 2.45) is 0 Å². The van der Waals surface area contributed by atoms with Crippen LogP contribution >= 0.6 is 0 Å². The van der Waals surface area contributed by atoms with Crippen LogP contribution in [-0.4, -0.2) is 18.6 Å². The van der Waals surface area contributed by atoms with Gasteiger partial charge < -0.3 is 10.1 Å². The van der Waals surface area contributed by atoms with E-state index in [1.165, 1.54) is 13.2 Å². The molecule has 0 aromatic heterocycles. The number of nitrogens with one attached hydrogen (secondary N) is 1. The SMILES string of the molecule is COC(=O)c1ccc(-c2ccccc2F)c(NC(C)(C)C)c1. The summed E-state index contributed by atoms with van der Waals surface area (Å²) in [7, 11) is 1.34. The van der Waals surface area contributed by atoms with E-state index in [9.17, 15) is 9.18 Å². The van der Waals surface area contributed by atoms with E-state index in [0.29, 0.717) is 22.4 Å². The highest BCUT2D eigenvalue weighted by Gasteiger charge is 2.17. The lowest BCUT2D eigenvalue weighted by Crippen LogP contribution is -2.26. The van der Waals surface area contributed by atoms with Crippen LogP contribution in [0.3, 0.4) is 0 Å². The van der Waals surface area contributed by atoms with Gasteiger partial charge in [-0.25, -0.2) is 9.18 Å². The van der Waals surface area contributed by atoms with Crippen LogP contribution in [0.25, 0.3) is 11.1 Å². The summed E-state index contributed by atoms with van der Waals surface area (Å²) < 4.78 is 18.8. The number of ether oxygens (including phenoxy) is 1. The van der Waals surface area contributed by atoms with E-state index >= 15 is 0 Å². The summed E-state index contributed by atoms with van der Waals surface area (Å²) in [4.78, 5) is 11.7. The van der Waals surface area contributed by atoms with Crippen LogP contribution in [0.4, 0.5) is 10.1 Å². The van der Waals surface area contributed by atoms with Crippen molar-refractivity contribution in [3.05, 3.63) is 53.8 Å². The number of benzene rings is 2. The maximum Gasteiger partial charge on any atom is 0.337 e. The quantitative estimate of drug-likeness (QED) is 0.849. The van der Waals surface area contributed by atoms with Gasteiger partial charge >= 0.3 is 5.97 Å². The van der Waals surface area contributed by atoms with Crippen molar-refractivity contribution >= 4 is 11.7 Å². The fourth-order valence-corrected chi connectivity index (χ4v) is 2.21. The van der Waals surface area contributed by atoms with E-state index in [4.69, 9.17) is 4.74 Å². The largest absolute Gasteiger partial charge is 0.465 e. The molecule has 2 aromatic carbocycles. The fraction of sp³-hybridized carbons (Fsp3) is 0.278. The first kappa shape index (κ1) is 16.0. The number of methoxy groups -OCH3 is 1. The summed E-state index contributed by atoms with van der Waals surface area (Å²) in [6, 6.07) is 11.6. The fourth-order valence-electron chi connectivity index (χ4n) is 2.21. The first-order valence-corrected chi connectivity index (χ1v) is 7.07. The van der Waals surface area contributed by atoms with E-state index in [1.807, 2.05) is 20.8 Å². The first-order chi connectivity index (χ1) is 10.3. The monoisotopic (exact) mass is 301 g/mol. The van der Waals surface area contributed by atoms with Gasteiger partial charge in [0.1, 0.15) is 5.82 Å². The van der Waals surface area contributed by atoms with Gasteiger partial charge in [0.2, 0.25) is 0 Å². The number of halogens is 1. The van der Waals surface area contributed by atoms with Gasteiger partial charge in [-0.3, -0.25) is 0 Å². The minimum atomic E-state index is -0.419. The molecule has 0 spiro atoms. The minimum Gasteiger partial charge on any atom is -0.465 e. The van der Waals surface area contributed by atoms with Gasteiger partial charge in [-0.1, -0.05) is 24.3 Å². The summed E-state index contributed by atoms with van der Waals surface area (Å²) in [6.45, 7) is 6.01. The van der Waals surface area contributed by atoms with E-state index in [2.05, 4.69) is 5.32 Å². The highest BCUT2D eigenvalue weighted by atomic mass is 19.1. The van der Waals surface area contributed by atoms with Gasteiger partial charge in [0.15, 0.2) is 0 Å². The van der Waals surface area contributed by atoms with Crippen molar-refractivity contribution in [2.45, 2.75) is 26.3 Å². The standard InChI is InChI=1S/C18H20FNO2/c1-18(2,3)20-16-11-12(17(21)22-4)9-10-14(16)13-7-5-6-8-15(13)19/h5-11,20H,1-4H3. The Kier molecular flexibility index (Phi) is 4.50. The van der Waals surface area contributed by atoms with E-state index in [-0.39, 0.29) is 11.4 Å². The number of carbonyl (C=O) groups excluding carboxylic acids is 1. The number of hydrogen-bond acceptors (Lipinski definition) is 3. The lowest BCUT2D eigenvalue weighted by molar-refractivity contribution is 0.0601. The Labute approximate surface area is 130 Å².